The monoisotopic (exact) mass is 280 g/mol. The Labute approximate surface area is 116 Å². The lowest BCUT2D eigenvalue weighted by atomic mass is 10.1. The molecule has 1 amide bonds. The number of carbonyl (C=O) groups excluding carboxylic acids is 2. The van der Waals surface area contributed by atoms with Gasteiger partial charge in [-0.15, -0.1) is 17.8 Å². The van der Waals surface area contributed by atoms with E-state index in [1.807, 2.05) is 13.8 Å². The summed E-state index contributed by atoms with van der Waals surface area (Å²) in [6.45, 7) is 4.13. The molecule has 5 nitrogen and oxygen atoms in total. The van der Waals surface area contributed by atoms with Gasteiger partial charge in [-0.25, -0.2) is 4.79 Å². The number of rotatable bonds is 5. The van der Waals surface area contributed by atoms with E-state index in [0.717, 1.165) is 10.4 Å². The van der Waals surface area contributed by atoms with Crippen LogP contribution in [0.5, 0.6) is 0 Å². The van der Waals surface area contributed by atoms with Gasteiger partial charge >= 0.3 is 5.97 Å². The minimum absolute atomic E-state index is 0.0980. The maximum absolute atomic E-state index is 11.7. The number of anilines is 1. The molecule has 0 aliphatic carbocycles. The number of hydrogen-bond donors (Lipinski definition) is 2. The second-order valence-electron chi connectivity index (χ2n) is 3.83. The molecule has 0 fully saturated rings. The molecular weight excluding hydrogens is 264 g/mol. The van der Waals surface area contributed by atoms with Crippen molar-refractivity contribution < 1.29 is 14.3 Å². The molecule has 0 saturated carbocycles. The van der Waals surface area contributed by atoms with Crippen LogP contribution in [-0.4, -0.2) is 32.1 Å². The van der Waals surface area contributed by atoms with Gasteiger partial charge in [0.2, 0.25) is 5.91 Å². The Morgan fingerprint density at radius 3 is 2.68 bits per heavy atom. The average Bonchev–Trinajstić information content (AvgIpc) is 2.64. The van der Waals surface area contributed by atoms with Crippen molar-refractivity contribution in [2.45, 2.75) is 13.8 Å². The van der Waals surface area contributed by atoms with Crippen LogP contribution < -0.4 is 10.6 Å². The first-order valence-corrected chi connectivity index (χ1v) is 6.45. The van der Waals surface area contributed by atoms with Gasteiger partial charge in [-0.05, 0) is 19.4 Å². The van der Waals surface area contributed by atoms with Crippen LogP contribution in [0.1, 0.15) is 20.8 Å². The third-order valence-electron chi connectivity index (χ3n) is 2.54. The Hall–Kier alpha value is -1.84. The first kappa shape index (κ1) is 15.2. The van der Waals surface area contributed by atoms with Crippen molar-refractivity contribution in [3.05, 3.63) is 16.0 Å². The van der Waals surface area contributed by atoms with E-state index in [9.17, 15) is 9.59 Å². The standard InChI is InChI=1S/C13H16N2O3S/c1-5-6-14-7-10(16)15-12-11(13(17)18-4)8(2)9(3)19-12/h1,14H,6-7H2,2-4H3,(H,15,16). The Kier molecular flexibility index (Phi) is 5.55. The van der Waals surface area contributed by atoms with E-state index in [-0.39, 0.29) is 12.5 Å². The molecule has 0 aromatic carbocycles. The van der Waals surface area contributed by atoms with E-state index in [1.165, 1.54) is 18.4 Å². The summed E-state index contributed by atoms with van der Waals surface area (Å²) in [7, 11) is 1.31. The number of thiophene rings is 1. The fraction of sp³-hybridized carbons (Fsp3) is 0.385. The van der Waals surface area contributed by atoms with Crippen molar-refractivity contribution >= 4 is 28.2 Å². The van der Waals surface area contributed by atoms with Gasteiger partial charge in [-0.2, -0.15) is 0 Å². The maximum atomic E-state index is 11.7. The van der Waals surface area contributed by atoms with Crippen LogP contribution in [-0.2, 0) is 9.53 Å². The van der Waals surface area contributed by atoms with Crippen molar-refractivity contribution in [3.63, 3.8) is 0 Å². The van der Waals surface area contributed by atoms with Crippen molar-refractivity contribution in [1.29, 1.82) is 0 Å². The van der Waals surface area contributed by atoms with E-state index in [0.29, 0.717) is 17.1 Å². The number of esters is 1. The highest BCUT2D eigenvalue weighted by molar-refractivity contribution is 7.16. The third-order valence-corrected chi connectivity index (χ3v) is 3.66. The summed E-state index contributed by atoms with van der Waals surface area (Å²) in [5.41, 5.74) is 1.24. The summed E-state index contributed by atoms with van der Waals surface area (Å²) in [5.74, 6) is 1.68. The summed E-state index contributed by atoms with van der Waals surface area (Å²) in [6, 6.07) is 0. The first-order chi connectivity index (χ1) is 9.01. The fourth-order valence-corrected chi connectivity index (χ4v) is 2.55. The summed E-state index contributed by atoms with van der Waals surface area (Å²) in [6.07, 6.45) is 5.07. The lowest BCUT2D eigenvalue weighted by Crippen LogP contribution is -2.28. The molecule has 0 unspecified atom stereocenters. The minimum atomic E-state index is -0.450. The molecule has 0 radical (unpaired) electrons. The number of hydrogen-bond acceptors (Lipinski definition) is 5. The van der Waals surface area contributed by atoms with Gasteiger partial charge in [0, 0.05) is 4.88 Å². The zero-order valence-electron chi connectivity index (χ0n) is 11.1. The van der Waals surface area contributed by atoms with Gasteiger partial charge in [-0.1, -0.05) is 5.92 Å². The highest BCUT2D eigenvalue weighted by Crippen LogP contribution is 2.32. The summed E-state index contributed by atoms with van der Waals surface area (Å²) in [4.78, 5) is 24.3. The second-order valence-corrected chi connectivity index (χ2v) is 5.06. The molecule has 2 N–H and O–H groups in total. The number of carbonyl (C=O) groups is 2. The van der Waals surface area contributed by atoms with Gasteiger partial charge in [0.05, 0.1) is 25.8 Å². The predicted molar refractivity (Wildman–Crippen MR) is 75.5 cm³/mol. The molecule has 1 heterocycles. The van der Waals surface area contributed by atoms with Crippen molar-refractivity contribution in [3.8, 4) is 12.3 Å². The minimum Gasteiger partial charge on any atom is -0.465 e. The lowest BCUT2D eigenvalue weighted by molar-refractivity contribution is -0.115. The van der Waals surface area contributed by atoms with Crippen LogP contribution in [0.2, 0.25) is 0 Å². The molecule has 0 bridgehead atoms. The van der Waals surface area contributed by atoms with Gasteiger partial charge in [-0.3, -0.25) is 10.1 Å². The summed E-state index contributed by atoms with van der Waals surface area (Å²) < 4.78 is 4.73. The zero-order valence-corrected chi connectivity index (χ0v) is 11.9. The Balaban J connectivity index is 2.84. The van der Waals surface area contributed by atoms with Crippen LogP contribution in [0.4, 0.5) is 5.00 Å². The van der Waals surface area contributed by atoms with Gasteiger partial charge in [0.1, 0.15) is 5.00 Å². The maximum Gasteiger partial charge on any atom is 0.341 e. The second kappa shape index (κ2) is 6.92. The molecule has 0 atom stereocenters. The lowest BCUT2D eigenvalue weighted by Gasteiger charge is -2.06. The Bertz CT molecular complexity index is 529. The fourth-order valence-electron chi connectivity index (χ4n) is 1.48. The normalized spacial score (nSPS) is 9.79. The van der Waals surface area contributed by atoms with Gasteiger partial charge in [0.25, 0.3) is 0 Å². The van der Waals surface area contributed by atoms with E-state index in [4.69, 9.17) is 11.2 Å². The van der Waals surface area contributed by atoms with E-state index in [1.54, 1.807) is 0 Å². The zero-order chi connectivity index (χ0) is 14.4. The number of nitrogens with one attached hydrogen (secondary N) is 2. The number of methoxy groups -OCH3 is 1. The molecule has 1 aromatic heterocycles. The smallest absolute Gasteiger partial charge is 0.341 e. The molecular formula is C13H16N2O3S. The van der Waals surface area contributed by atoms with E-state index < -0.39 is 5.97 Å². The predicted octanol–water partition coefficient (Wildman–Crippen LogP) is 1.31. The average molecular weight is 280 g/mol. The van der Waals surface area contributed by atoms with Crippen molar-refractivity contribution in [2.24, 2.45) is 0 Å². The molecule has 6 heteroatoms. The van der Waals surface area contributed by atoms with Gasteiger partial charge < -0.3 is 10.1 Å². The third kappa shape index (κ3) is 3.81. The largest absolute Gasteiger partial charge is 0.465 e. The topological polar surface area (TPSA) is 67.4 Å². The molecule has 0 spiro atoms. The Morgan fingerprint density at radius 2 is 2.11 bits per heavy atom. The van der Waals surface area contributed by atoms with Gasteiger partial charge in [0.15, 0.2) is 0 Å². The van der Waals surface area contributed by atoms with Crippen LogP contribution in [0.15, 0.2) is 0 Å². The highest BCUT2D eigenvalue weighted by atomic mass is 32.1. The SMILES string of the molecule is C#CCNCC(=O)Nc1sc(C)c(C)c1C(=O)OC. The Morgan fingerprint density at radius 1 is 1.42 bits per heavy atom. The number of amides is 1. The molecule has 0 aliphatic heterocycles. The number of ether oxygens (including phenoxy) is 1. The summed E-state index contributed by atoms with van der Waals surface area (Å²) >= 11 is 1.35. The van der Waals surface area contributed by atoms with E-state index in [2.05, 4.69) is 16.6 Å². The number of terminal acetylenes is 1. The number of aryl methyl sites for hydroxylation is 1. The summed E-state index contributed by atoms with van der Waals surface area (Å²) in [5, 5.41) is 5.98. The van der Waals surface area contributed by atoms with Crippen LogP contribution in [0, 0.1) is 26.2 Å². The van der Waals surface area contributed by atoms with Crippen molar-refractivity contribution in [1.82, 2.24) is 5.32 Å². The highest BCUT2D eigenvalue weighted by Gasteiger charge is 2.21. The molecule has 1 rings (SSSR count). The van der Waals surface area contributed by atoms with Crippen LogP contribution >= 0.6 is 11.3 Å². The van der Waals surface area contributed by atoms with Crippen LogP contribution in [0.3, 0.4) is 0 Å². The first-order valence-electron chi connectivity index (χ1n) is 5.63. The van der Waals surface area contributed by atoms with Crippen LogP contribution in [0.25, 0.3) is 0 Å². The van der Waals surface area contributed by atoms with Crippen molar-refractivity contribution in [2.75, 3.05) is 25.5 Å². The quantitative estimate of drug-likeness (QED) is 0.485. The molecule has 102 valence electrons. The molecule has 0 aliphatic rings. The molecule has 19 heavy (non-hydrogen) atoms. The molecule has 1 aromatic rings. The van der Waals surface area contributed by atoms with E-state index >= 15 is 0 Å². The molecule has 0 saturated heterocycles.